The summed E-state index contributed by atoms with van der Waals surface area (Å²) in [6.07, 6.45) is 1.57. The van der Waals surface area contributed by atoms with Crippen molar-refractivity contribution in [3.63, 3.8) is 0 Å². The summed E-state index contributed by atoms with van der Waals surface area (Å²) < 4.78 is 26.9. The number of halogens is 2. The average Bonchev–Trinajstić information content (AvgIpc) is 3.03. The van der Waals surface area contributed by atoms with Gasteiger partial charge in [0.1, 0.15) is 11.6 Å². The Hall–Kier alpha value is -1.49. The SMILES string of the molecule is CN(C(=O)C1CC1c1cc(F)ccc1F)C1CCNC1. The third-order valence-corrected chi connectivity index (χ3v) is 4.39. The average molecular weight is 280 g/mol. The zero-order chi connectivity index (χ0) is 14.3. The second kappa shape index (κ2) is 5.13. The Morgan fingerprint density at radius 3 is 2.90 bits per heavy atom. The quantitative estimate of drug-likeness (QED) is 0.917. The zero-order valence-corrected chi connectivity index (χ0v) is 11.4. The molecule has 3 unspecified atom stereocenters. The van der Waals surface area contributed by atoms with Crippen LogP contribution in [0.25, 0.3) is 0 Å². The summed E-state index contributed by atoms with van der Waals surface area (Å²) in [5.74, 6) is -1.19. The van der Waals surface area contributed by atoms with Crippen molar-refractivity contribution in [3.05, 3.63) is 35.4 Å². The molecule has 0 bridgehead atoms. The van der Waals surface area contributed by atoms with Crippen molar-refractivity contribution in [1.82, 2.24) is 10.2 Å². The third-order valence-electron chi connectivity index (χ3n) is 4.39. The molecule has 1 aromatic carbocycles. The van der Waals surface area contributed by atoms with Crippen molar-refractivity contribution in [2.24, 2.45) is 5.92 Å². The van der Waals surface area contributed by atoms with Gasteiger partial charge in [0.15, 0.2) is 0 Å². The summed E-state index contributed by atoms with van der Waals surface area (Å²) in [6.45, 7) is 1.74. The summed E-state index contributed by atoms with van der Waals surface area (Å²) in [4.78, 5) is 14.1. The van der Waals surface area contributed by atoms with E-state index in [1.54, 1.807) is 11.9 Å². The molecule has 108 valence electrons. The van der Waals surface area contributed by atoms with E-state index in [4.69, 9.17) is 0 Å². The van der Waals surface area contributed by atoms with E-state index in [0.717, 1.165) is 31.6 Å². The van der Waals surface area contributed by atoms with Gasteiger partial charge in [-0.15, -0.1) is 0 Å². The summed E-state index contributed by atoms with van der Waals surface area (Å²) in [7, 11) is 1.80. The maximum absolute atomic E-state index is 13.7. The van der Waals surface area contributed by atoms with Crippen molar-refractivity contribution in [3.8, 4) is 0 Å². The molecule has 1 N–H and O–H groups in total. The highest BCUT2D eigenvalue weighted by Crippen LogP contribution is 2.49. The van der Waals surface area contributed by atoms with Crippen LogP contribution in [-0.2, 0) is 4.79 Å². The highest BCUT2D eigenvalue weighted by molar-refractivity contribution is 5.83. The summed E-state index contributed by atoms with van der Waals surface area (Å²) in [5.41, 5.74) is 0.335. The fourth-order valence-corrected chi connectivity index (χ4v) is 3.02. The monoisotopic (exact) mass is 280 g/mol. The van der Waals surface area contributed by atoms with Crippen molar-refractivity contribution < 1.29 is 13.6 Å². The van der Waals surface area contributed by atoms with Crippen LogP contribution in [0.5, 0.6) is 0 Å². The molecule has 3 nitrogen and oxygen atoms in total. The Morgan fingerprint density at radius 2 is 2.20 bits per heavy atom. The Balaban J connectivity index is 1.69. The Morgan fingerprint density at radius 1 is 1.40 bits per heavy atom. The maximum atomic E-state index is 13.7. The number of carbonyl (C=O) groups is 1. The molecule has 0 spiro atoms. The number of rotatable bonds is 3. The number of nitrogens with one attached hydrogen (secondary N) is 1. The lowest BCUT2D eigenvalue weighted by molar-refractivity contribution is -0.133. The van der Waals surface area contributed by atoms with Crippen LogP contribution in [0.2, 0.25) is 0 Å². The number of hydrogen-bond donors (Lipinski definition) is 1. The molecule has 1 aliphatic carbocycles. The van der Waals surface area contributed by atoms with Crippen molar-refractivity contribution in [1.29, 1.82) is 0 Å². The van der Waals surface area contributed by atoms with Crippen LogP contribution in [0.15, 0.2) is 18.2 Å². The van der Waals surface area contributed by atoms with Crippen LogP contribution in [0.3, 0.4) is 0 Å². The van der Waals surface area contributed by atoms with E-state index in [0.29, 0.717) is 12.0 Å². The second-order valence-electron chi connectivity index (χ2n) is 5.71. The Labute approximate surface area is 117 Å². The molecule has 1 heterocycles. The van der Waals surface area contributed by atoms with Crippen LogP contribution in [0, 0.1) is 17.6 Å². The van der Waals surface area contributed by atoms with Gasteiger partial charge >= 0.3 is 0 Å². The third kappa shape index (κ3) is 2.42. The largest absolute Gasteiger partial charge is 0.341 e. The number of nitrogens with zero attached hydrogens (tertiary/aromatic N) is 1. The zero-order valence-electron chi connectivity index (χ0n) is 11.4. The van der Waals surface area contributed by atoms with Gasteiger partial charge in [0.05, 0.1) is 0 Å². The van der Waals surface area contributed by atoms with Gasteiger partial charge in [0.2, 0.25) is 5.91 Å². The van der Waals surface area contributed by atoms with Gasteiger partial charge in [-0.25, -0.2) is 8.78 Å². The first-order chi connectivity index (χ1) is 9.58. The minimum atomic E-state index is -0.451. The van der Waals surface area contributed by atoms with Gasteiger partial charge in [-0.05, 0) is 49.1 Å². The molecule has 20 heavy (non-hydrogen) atoms. The fourth-order valence-electron chi connectivity index (χ4n) is 3.02. The van der Waals surface area contributed by atoms with E-state index in [9.17, 15) is 13.6 Å². The summed E-state index contributed by atoms with van der Waals surface area (Å²) in [6, 6.07) is 3.68. The molecular weight excluding hydrogens is 262 g/mol. The molecule has 5 heteroatoms. The van der Waals surface area contributed by atoms with Crippen LogP contribution in [0.1, 0.15) is 24.3 Å². The van der Waals surface area contributed by atoms with E-state index in [1.807, 2.05) is 0 Å². The van der Waals surface area contributed by atoms with Crippen LogP contribution >= 0.6 is 0 Å². The molecule has 3 rings (SSSR count). The van der Waals surface area contributed by atoms with E-state index in [1.165, 1.54) is 6.07 Å². The van der Waals surface area contributed by atoms with E-state index in [-0.39, 0.29) is 23.8 Å². The standard InChI is InChI=1S/C15H18F2N2O/c1-19(10-4-5-18-8-10)15(20)13-7-11(13)12-6-9(16)2-3-14(12)17/h2-3,6,10-11,13,18H,4-5,7-8H2,1H3. The first-order valence-electron chi connectivity index (χ1n) is 7.00. The van der Waals surface area contributed by atoms with Gasteiger partial charge in [-0.1, -0.05) is 0 Å². The lowest BCUT2D eigenvalue weighted by Gasteiger charge is -2.24. The molecule has 1 saturated heterocycles. The first-order valence-corrected chi connectivity index (χ1v) is 7.00. The molecule has 2 fully saturated rings. The molecule has 0 radical (unpaired) electrons. The van der Waals surface area contributed by atoms with Gasteiger partial charge in [-0.2, -0.15) is 0 Å². The number of amides is 1. The van der Waals surface area contributed by atoms with Gasteiger partial charge in [0.25, 0.3) is 0 Å². The van der Waals surface area contributed by atoms with Crippen molar-refractivity contribution in [2.45, 2.75) is 24.8 Å². The number of likely N-dealkylation sites (N-methyl/N-ethyl adjacent to an activating group) is 1. The lowest BCUT2D eigenvalue weighted by Crippen LogP contribution is -2.39. The lowest BCUT2D eigenvalue weighted by atomic mass is 10.1. The van der Waals surface area contributed by atoms with E-state index >= 15 is 0 Å². The molecule has 2 aliphatic rings. The number of hydrogen-bond acceptors (Lipinski definition) is 2. The van der Waals surface area contributed by atoms with Gasteiger partial charge in [-0.3, -0.25) is 4.79 Å². The predicted octanol–water partition coefficient (Wildman–Crippen LogP) is 1.89. The maximum Gasteiger partial charge on any atom is 0.226 e. The molecule has 1 aromatic rings. The molecule has 1 amide bonds. The van der Waals surface area contributed by atoms with Crippen LogP contribution < -0.4 is 5.32 Å². The Kier molecular flexibility index (Phi) is 3.46. The van der Waals surface area contributed by atoms with Crippen molar-refractivity contribution in [2.75, 3.05) is 20.1 Å². The first kappa shape index (κ1) is 13.5. The topological polar surface area (TPSA) is 32.3 Å². The minimum Gasteiger partial charge on any atom is -0.341 e. The molecule has 0 aromatic heterocycles. The van der Waals surface area contributed by atoms with Crippen LogP contribution in [-0.4, -0.2) is 37.0 Å². The second-order valence-corrected chi connectivity index (χ2v) is 5.71. The smallest absolute Gasteiger partial charge is 0.226 e. The fraction of sp³-hybridized carbons (Fsp3) is 0.533. The highest BCUT2D eigenvalue weighted by atomic mass is 19.1. The number of benzene rings is 1. The molecular formula is C15H18F2N2O. The van der Waals surface area contributed by atoms with Crippen LogP contribution in [0.4, 0.5) is 8.78 Å². The van der Waals surface area contributed by atoms with E-state index < -0.39 is 11.6 Å². The highest BCUT2D eigenvalue weighted by Gasteiger charge is 2.47. The molecule has 1 aliphatic heterocycles. The summed E-state index contributed by atoms with van der Waals surface area (Å²) >= 11 is 0. The molecule has 1 saturated carbocycles. The van der Waals surface area contributed by atoms with Gasteiger partial charge < -0.3 is 10.2 Å². The number of carbonyl (C=O) groups excluding carboxylic acids is 1. The van der Waals surface area contributed by atoms with E-state index in [2.05, 4.69) is 5.32 Å². The summed E-state index contributed by atoms with van der Waals surface area (Å²) in [5, 5.41) is 3.22. The van der Waals surface area contributed by atoms with Gasteiger partial charge in [0, 0.05) is 25.6 Å². The minimum absolute atomic E-state index is 0.0485. The normalized spacial score (nSPS) is 28.4. The predicted molar refractivity (Wildman–Crippen MR) is 71.3 cm³/mol. The van der Waals surface area contributed by atoms with Crippen molar-refractivity contribution >= 4 is 5.91 Å². The molecule has 3 atom stereocenters. The Bertz CT molecular complexity index is 529.